The van der Waals surface area contributed by atoms with Gasteiger partial charge in [-0.15, -0.1) is 0 Å². The molecule has 100 valence electrons. The molecule has 2 unspecified atom stereocenters. The van der Waals surface area contributed by atoms with E-state index >= 15 is 0 Å². The highest BCUT2D eigenvalue weighted by Crippen LogP contribution is 2.20. The number of likely N-dealkylation sites (tertiary alicyclic amines) is 1. The topological polar surface area (TPSA) is 49.8 Å². The van der Waals surface area contributed by atoms with E-state index in [0.717, 1.165) is 25.8 Å². The van der Waals surface area contributed by atoms with Gasteiger partial charge in [0.15, 0.2) is 0 Å². The molecule has 0 saturated carbocycles. The highest BCUT2D eigenvalue weighted by atomic mass is 16.5. The first kappa shape index (κ1) is 14.5. The molecule has 1 heterocycles. The second-order valence-corrected chi connectivity index (χ2v) is 4.86. The van der Waals surface area contributed by atoms with Crippen LogP contribution in [-0.2, 0) is 9.53 Å². The summed E-state index contributed by atoms with van der Waals surface area (Å²) >= 11 is 0. The number of esters is 1. The largest absolute Gasteiger partial charge is 0.465 e. The van der Waals surface area contributed by atoms with Gasteiger partial charge in [-0.05, 0) is 39.7 Å². The normalized spacial score (nSPS) is 24.1. The lowest BCUT2D eigenvalue weighted by Crippen LogP contribution is -2.40. The zero-order valence-corrected chi connectivity index (χ0v) is 11.0. The van der Waals surface area contributed by atoms with Crippen LogP contribution in [0.1, 0.15) is 46.0 Å². The Kier molecular flexibility index (Phi) is 6.52. The van der Waals surface area contributed by atoms with Crippen molar-refractivity contribution in [2.24, 2.45) is 0 Å². The number of aliphatic hydroxyl groups is 1. The minimum atomic E-state index is -0.303. The molecular formula is C13H25NO3. The van der Waals surface area contributed by atoms with E-state index in [9.17, 15) is 9.90 Å². The van der Waals surface area contributed by atoms with Gasteiger partial charge in [-0.2, -0.15) is 0 Å². The Balaban J connectivity index is 2.52. The zero-order chi connectivity index (χ0) is 12.7. The average molecular weight is 243 g/mol. The Morgan fingerprint density at radius 2 is 2.24 bits per heavy atom. The molecule has 0 aromatic carbocycles. The van der Waals surface area contributed by atoms with E-state index in [-0.39, 0.29) is 12.1 Å². The number of aliphatic hydroxyl groups excluding tert-OH is 1. The quantitative estimate of drug-likeness (QED) is 0.745. The third-order valence-electron chi connectivity index (χ3n) is 3.25. The monoisotopic (exact) mass is 243 g/mol. The second kappa shape index (κ2) is 7.67. The van der Waals surface area contributed by atoms with Crippen LogP contribution in [0.3, 0.4) is 0 Å². The summed E-state index contributed by atoms with van der Waals surface area (Å²) in [5.74, 6) is -0.148. The lowest BCUT2D eigenvalue weighted by molar-refractivity contribution is -0.145. The van der Waals surface area contributed by atoms with Gasteiger partial charge in [-0.1, -0.05) is 12.8 Å². The van der Waals surface area contributed by atoms with Crippen molar-refractivity contribution < 1.29 is 14.6 Å². The van der Waals surface area contributed by atoms with Gasteiger partial charge >= 0.3 is 5.97 Å². The molecule has 17 heavy (non-hydrogen) atoms. The fraction of sp³-hybridized carbons (Fsp3) is 0.923. The maximum Gasteiger partial charge on any atom is 0.320 e. The molecule has 0 spiro atoms. The smallest absolute Gasteiger partial charge is 0.320 e. The van der Waals surface area contributed by atoms with Crippen LogP contribution in [0.4, 0.5) is 0 Å². The molecule has 1 fully saturated rings. The third kappa shape index (κ3) is 5.50. The first-order valence-corrected chi connectivity index (χ1v) is 6.71. The first-order chi connectivity index (χ1) is 8.13. The number of carbonyl (C=O) groups excluding carboxylic acids is 1. The average Bonchev–Trinajstić information content (AvgIpc) is 2.44. The zero-order valence-electron chi connectivity index (χ0n) is 11.0. The molecule has 0 amide bonds. The van der Waals surface area contributed by atoms with Crippen LogP contribution >= 0.6 is 0 Å². The van der Waals surface area contributed by atoms with Gasteiger partial charge in [-0.3, -0.25) is 9.69 Å². The molecule has 0 aliphatic carbocycles. The maximum atomic E-state index is 11.5. The van der Waals surface area contributed by atoms with Gasteiger partial charge in [0, 0.05) is 6.04 Å². The standard InChI is InChI=1S/C13H25NO3/c1-3-17-13(16)10-14-8-6-4-5-7-12(14)9-11(2)15/h11-12,15H,3-10H2,1-2H3. The van der Waals surface area contributed by atoms with Gasteiger partial charge in [0.2, 0.25) is 0 Å². The fourth-order valence-electron chi connectivity index (χ4n) is 2.48. The highest BCUT2D eigenvalue weighted by Gasteiger charge is 2.24. The van der Waals surface area contributed by atoms with E-state index in [2.05, 4.69) is 4.90 Å². The molecule has 4 nitrogen and oxygen atoms in total. The van der Waals surface area contributed by atoms with Gasteiger partial charge in [0.25, 0.3) is 0 Å². The Morgan fingerprint density at radius 1 is 1.47 bits per heavy atom. The summed E-state index contributed by atoms with van der Waals surface area (Å²) in [5.41, 5.74) is 0. The second-order valence-electron chi connectivity index (χ2n) is 4.86. The lowest BCUT2D eigenvalue weighted by atomic mass is 10.0. The van der Waals surface area contributed by atoms with Crippen molar-refractivity contribution >= 4 is 5.97 Å². The fourth-order valence-corrected chi connectivity index (χ4v) is 2.48. The molecule has 1 rings (SSSR count). The van der Waals surface area contributed by atoms with Crippen LogP contribution in [-0.4, -0.2) is 47.8 Å². The summed E-state index contributed by atoms with van der Waals surface area (Å²) in [6.07, 6.45) is 5.06. The van der Waals surface area contributed by atoms with Crippen molar-refractivity contribution in [1.82, 2.24) is 4.90 Å². The minimum Gasteiger partial charge on any atom is -0.465 e. The first-order valence-electron chi connectivity index (χ1n) is 6.71. The molecule has 0 aromatic rings. The minimum absolute atomic E-state index is 0.148. The van der Waals surface area contributed by atoms with Gasteiger partial charge < -0.3 is 9.84 Å². The van der Waals surface area contributed by atoms with Crippen molar-refractivity contribution in [3.8, 4) is 0 Å². The van der Waals surface area contributed by atoms with Crippen molar-refractivity contribution in [2.75, 3.05) is 19.7 Å². The number of carbonyl (C=O) groups is 1. The van der Waals surface area contributed by atoms with E-state index in [4.69, 9.17) is 4.74 Å². The van der Waals surface area contributed by atoms with E-state index in [1.54, 1.807) is 0 Å². The summed E-state index contributed by atoms with van der Waals surface area (Å²) in [6, 6.07) is 0.321. The van der Waals surface area contributed by atoms with Gasteiger partial charge in [0.1, 0.15) is 0 Å². The third-order valence-corrected chi connectivity index (χ3v) is 3.25. The lowest BCUT2D eigenvalue weighted by Gasteiger charge is -2.29. The van der Waals surface area contributed by atoms with E-state index in [1.165, 1.54) is 12.8 Å². The van der Waals surface area contributed by atoms with Crippen molar-refractivity contribution in [1.29, 1.82) is 0 Å². The summed E-state index contributed by atoms with van der Waals surface area (Å²) in [5, 5.41) is 9.51. The Morgan fingerprint density at radius 3 is 2.88 bits per heavy atom. The molecular weight excluding hydrogens is 218 g/mol. The Labute approximate surface area is 104 Å². The molecule has 0 radical (unpaired) electrons. The molecule has 4 heteroatoms. The highest BCUT2D eigenvalue weighted by molar-refractivity contribution is 5.71. The van der Waals surface area contributed by atoms with Crippen molar-refractivity contribution in [3.05, 3.63) is 0 Å². The van der Waals surface area contributed by atoms with Crippen molar-refractivity contribution in [3.63, 3.8) is 0 Å². The molecule has 2 atom stereocenters. The van der Waals surface area contributed by atoms with Crippen LogP contribution in [0.2, 0.25) is 0 Å². The molecule has 1 saturated heterocycles. The number of hydrogen-bond donors (Lipinski definition) is 1. The summed E-state index contributed by atoms with van der Waals surface area (Å²) in [6.45, 7) is 5.39. The molecule has 1 aliphatic heterocycles. The van der Waals surface area contributed by atoms with Gasteiger partial charge in [0.05, 0.1) is 19.3 Å². The number of rotatable bonds is 5. The van der Waals surface area contributed by atoms with Crippen LogP contribution in [0.25, 0.3) is 0 Å². The molecule has 1 N–H and O–H groups in total. The molecule has 1 aliphatic rings. The van der Waals surface area contributed by atoms with Crippen molar-refractivity contribution in [2.45, 2.75) is 58.1 Å². The number of hydrogen-bond acceptors (Lipinski definition) is 4. The van der Waals surface area contributed by atoms with Crippen LogP contribution in [0.5, 0.6) is 0 Å². The summed E-state index contributed by atoms with van der Waals surface area (Å²) < 4.78 is 5.00. The molecule has 0 bridgehead atoms. The predicted molar refractivity (Wildman–Crippen MR) is 66.8 cm³/mol. The number of ether oxygens (including phenoxy) is 1. The van der Waals surface area contributed by atoms with E-state index < -0.39 is 0 Å². The predicted octanol–water partition coefficient (Wildman–Crippen LogP) is 1.57. The van der Waals surface area contributed by atoms with Gasteiger partial charge in [-0.25, -0.2) is 0 Å². The maximum absolute atomic E-state index is 11.5. The molecule has 0 aromatic heterocycles. The number of nitrogens with zero attached hydrogens (tertiary/aromatic N) is 1. The van der Waals surface area contributed by atoms with E-state index in [1.807, 2.05) is 13.8 Å². The Bertz CT molecular complexity index is 231. The van der Waals surface area contributed by atoms with E-state index in [0.29, 0.717) is 19.2 Å². The van der Waals surface area contributed by atoms with Crippen LogP contribution in [0.15, 0.2) is 0 Å². The van der Waals surface area contributed by atoms with Crippen LogP contribution in [0, 0.1) is 0 Å². The summed E-state index contributed by atoms with van der Waals surface area (Å²) in [7, 11) is 0. The van der Waals surface area contributed by atoms with Crippen LogP contribution < -0.4 is 0 Å². The Hall–Kier alpha value is -0.610. The summed E-state index contributed by atoms with van der Waals surface area (Å²) in [4.78, 5) is 13.7. The SMILES string of the molecule is CCOC(=O)CN1CCCCCC1CC(C)O.